The van der Waals surface area contributed by atoms with Crippen LogP contribution in [-0.4, -0.2) is 144 Å². The first kappa shape index (κ1) is 61.9. The molecule has 0 bridgehead atoms. The van der Waals surface area contributed by atoms with Crippen LogP contribution in [0.25, 0.3) is 16.7 Å². The van der Waals surface area contributed by atoms with Gasteiger partial charge in [0.15, 0.2) is 23.5 Å². The standard InChI is InChI=1S/C55H71N10O17P3/c1-8-65-39-26-38-36(25-35(39)30(2)27-54(65,3)4)42(37-24-31-14-11-22-63-23-12-17-34(45(31)63)43(37)55(38,5)6)32-15-9-10-16-33(32)50(69)62(7)21-13-18-41(66)57-19-20-58-53(70)80-47-46(67)40(28-78-84(74,75)82-85(76,77)81-83(71,72)73)79-51(47)64-29-59-44-48(64)60-52(56)61-49(44)68/h9-10,15-16,24-26,29-30,40,46-47,51,67H,8,11-14,17-23,27-28H2,1-7H3,(H8-,56,57,58,60,61,66,68,70,71,72,73,74,75,76,77)/p+1/t30?,40-,46-,47-,51-/m1/s1. The number of benzene rings is 3. The Morgan fingerprint density at radius 3 is 2.42 bits per heavy atom. The maximum atomic E-state index is 14.9. The third-order valence-corrected chi connectivity index (χ3v) is 20.5. The molecule has 458 valence electrons. The smallest absolute Gasteiger partial charge is 0.439 e. The highest BCUT2D eigenvalue weighted by Gasteiger charge is 2.50. The zero-order valence-corrected chi connectivity index (χ0v) is 50.8. The van der Waals surface area contributed by atoms with E-state index in [1.165, 1.54) is 44.1 Å². The number of aliphatic hydroxyl groups is 1. The minimum Gasteiger partial charge on any atom is -0.439 e. The van der Waals surface area contributed by atoms with Gasteiger partial charge in [0.2, 0.25) is 17.2 Å². The Morgan fingerprint density at radius 1 is 0.976 bits per heavy atom. The van der Waals surface area contributed by atoms with Crippen LogP contribution in [0.4, 0.5) is 16.4 Å². The summed E-state index contributed by atoms with van der Waals surface area (Å²) in [6.07, 6.45) is -1.59. The molecule has 6 heterocycles. The summed E-state index contributed by atoms with van der Waals surface area (Å²) in [5.74, 6) is -0.601. The van der Waals surface area contributed by atoms with Crippen molar-refractivity contribution in [2.75, 3.05) is 63.6 Å². The highest BCUT2D eigenvalue weighted by atomic mass is 31.3. The predicted octanol–water partition coefficient (Wildman–Crippen LogP) is 3.45. The summed E-state index contributed by atoms with van der Waals surface area (Å²) < 4.78 is 62.6. The van der Waals surface area contributed by atoms with Gasteiger partial charge in [-0.1, -0.05) is 39.0 Å². The normalized spacial score (nSPS) is 22.5. The molecular formula is C55H72N10O17P3+. The number of hydrogen-bond acceptors (Lipinski definition) is 17. The quantitative estimate of drug-likeness (QED) is 0.0325. The molecule has 1 aliphatic carbocycles. The van der Waals surface area contributed by atoms with Crippen LogP contribution in [0, 0.1) is 0 Å². The first-order valence-electron chi connectivity index (χ1n) is 28.2. The fraction of sp³-hybridized carbons (Fsp3) is 0.509. The largest absolute Gasteiger partial charge is 0.490 e. The van der Waals surface area contributed by atoms with Gasteiger partial charge in [-0.3, -0.25) is 28.5 Å². The van der Waals surface area contributed by atoms with E-state index in [-0.39, 0.29) is 65.9 Å². The van der Waals surface area contributed by atoms with E-state index in [1.54, 1.807) is 11.9 Å². The van der Waals surface area contributed by atoms with Crippen LogP contribution in [0.3, 0.4) is 0 Å². The number of nitrogens with zero attached hydrogens (tertiary/aromatic N) is 6. The Bertz CT molecular complexity index is 3860. The fourth-order valence-electron chi connectivity index (χ4n) is 13.3. The van der Waals surface area contributed by atoms with Crippen LogP contribution < -0.4 is 42.0 Å². The molecule has 0 radical (unpaired) electrons. The number of phosphoric ester groups is 1. The number of fused-ring (bicyclic) bond motifs is 5. The average Bonchev–Trinajstić information content (AvgIpc) is 1.32. The molecule has 2 aromatic heterocycles. The van der Waals surface area contributed by atoms with Crippen LogP contribution in [0.5, 0.6) is 0 Å². The Morgan fingerprint density at radius 2 is 1.69 bits per heavy atom. The summed E-state index contributed by atoms with van der Waals surface area (Å²) in [7, 11) is -15.6. The Balaban J connectivity index is 0.808. The summed E-state index contributed by atoms with van der Waals surface area (Å²) >= 11 is 0. The molecule has 27 nitrogen and oxygen atoms in total. The lowest BCUT2D eigenvalue weighted by molar-refractivity contribution is -0.121. The van der Waals surface area contributed by atoms with Gasteiger partial charge in [-0.15, -0.1) is 0 Å². The summed E-state index contributed by atoms with van der Waals surface area (Å²) in [4.78, 5) is 106. The van der Waals surface area contributed by atoms with Crippen molar-refractivity contribution in [3.63, 3.8) is 0 Å². The molecule has 10 rings (SSSR count). The number of imidazole rings is 1. The number of aryl methyl sites for hydroxylation is 1. The van der Waals surface area contributed by atoms with Gasteiger partial charge in [-0.25, -0.2) is 28.0 Å². The number of alkyl carbamates (subject to hydrolysis) is 1. The number of nitrogens with two attached hydrogens (primary N) is 1. The molecule has 5 aliphatic rings. The number of rotatable bonds is 19. The number of phosphoric acid groups is 3. The van der Waals surface area contributed by atoms with Crippen LogP contribution in [0.1, 0.15) is 135 Å². The second kappa shape index (κ2) is 23.5. The summed E-state index contributed by atoms with van der Waals surface area (Å²) in [6.45, 7) is 15.8. The van der Waals surface area contributed by atoms with E-state index in [0.717, 1.165) is 79.3 Å². The molecule has 10 N–H and O–H groups in total. The zero-order valence-electron chi connectivity index (χ0n) is 48.1. The van der Waals surface area contributed by atoms with E-state index in [0.29, 0.717) is 17.9 Å². The van der Waals surface area contributed by atoms with Crippen molar-refractivity contribution in [3.8, 4) is 0 Å². The first-order chi connectivity index (χ1) is 40.0. The third-order valence-electron chi connectivity index (χ3n) is 16.7. The fourth-order valence-corrected chi connectivity index (χ4v) is 16.3. The van der Waals surface area contributed by atoms with Gasteiger partial charge in [0.05, 0.1) is 12.9 Å². The Hall–Kier alpha value is -6.18. The molecule has 30 heteroatoms. The number of hydrogen-bond donors (Lipinski definition) is 9. The van der Waals surface area contributed by atoms with E-state index in [9.17, 15) is 47.8 Å². The summed E-state index contributed by atoms with van der Waals surface area (Å²) in [5.41, 5.74) is 15.8. The number of ether oxygens (including phenoxy) is 2. The van der Waals surface area contributed by atoms with Crippen molar-refractivity contribution < 1.29 is 75.4 Å². The highest BCUT2D eigenvalue weighted by molar-refractivity contribution is 7.66. The average molecular weight is 1240 g/mol. The van der Waals surface area contributed by atoms with E-state index in [4.69, 9.17) is 25.0 Å². The van der Waals surface area contributed by atoms with Crippen molar-refractivity contribution in [2.24, 2.45) is 0 Å². The van der Waals surface area contributed by atoms with Crippen molar-refractivity contribution in [2.45, 2.75) is 128 Å². The van der Waals surface area contributed by atoms with Crippen LogP contribution in [-0.2, 0) is 59.4 Å². The van der Waals surface area contributed by atoms with Crippen LogP contribution >= 0.6 is 23.5 Å². The lowest BCUT2D eigenvalue weighted by Gasteiger charge is -2.48. The topological polar surface area (TPSA) is 373 Å². The third kappa shape index (κ3) is 12.4. The second-order valence-corrected chi connectivity index (χ2v) is 27.8. The van der Waals surface area contributed by atoms with Gasteiger partial charge >= 0.3 is 29.6 Å². The number of aliphatic hydroxyl groups excluding tert-OH is 1. The number of H-pyrrole nitrogens is 1. The molecule has 1 saturated heterocycles. The molecule has 0 saturated carbocycles. The van der Waals surface area contributed by atoms with Crippen LogP contribution in [0.15, 0.2) is 53.6 Å². The predicted molar refractivity (Wildman–Crippen MR) is 310 cm³/mol. The molecule has 1 fully saturated rings. The molecule has 85 heavy (non-hydrogen) atoms. The van der Waals surface area contributed by atoms with Gasteiger partial charge in [-0.05, 0) is 115 Å². The maximum absolute atomic E-state index is 14.9. The molecule has 3 amide bonds. The Kier molecular flexibility index (Phi) is 17.1. The van der Waals surface area contributed by atoms with Gasteiger partial charge in [0.25, 0.3) is 11.5 Å². The van der Waals surface area contributed by atoms with Crippen LogP contribution in [0.2, 0.25) is 0 Å². The van der Waals surface area contributed by atoms with Gasteiger partial charge in [0.1, 0.15) is 25.3 Å². The SMILES string of the molecule is CCN1c2cc3c(cc2C(C)CC1(C)C)C(c1ccccc1C(=O)N(C)CCCC(=O)NCCNC(=O)O[C@@H]1[C@H](O)[C@@H](COP(=O)(O)OP(=O)(O)OP(=O)(O)O)O[C@H]1n1cnc2c(=O)[nH]c(N)nc21)=c1cc2c4c(c1C3(C)C)CCC[N+]=4CCC2. The number of amides is 3. The minimum absolute atomic E-state index is 0.0294. The van der Waals surface area contributed by atoms with Crippen molar-refractivity contribution >= 4 is 69.7 Å². The maximum Gasteiger partial charge on any atom is 0.490 e. The first-order valence-corrected chi connectivity index (χ1v) is 32.7. The van der Waals surface area contributed by atoms with Gasteiger partial charge in [-0.2, -0.15) is 13.6 Å². The molecule has 3 aromatic carbocycles. The van der Waals surface area contributed by atoms with E-state index < -0.39 is 66.3 Å². The highest BCUT2D eigenvalue weighted by Crippen LogP contribution is 2.66. The minimum atomic E-state index is -5.90. The number of carbonyl (C=O) groups is 3. The summed E-state index contributed by atoms with van der Waals surface area (Å²) in [5, 5.41) is 19.1. The molecule has 3 unspecified atom stereocenters. The molecule has 5 aromatic rings. The van der Waals surface area contributed by atoms with E-state index in [1.807, 2.05) is 18.2 Å². The van der Waals surface area contributed by atoms with Crippen molar-refractivity contribution in [1.82, 2.24) is 39.6 Å². The monoisotopic (exact) mass is 1240 g/mol. The van der Waals surface area contributed by atoms with E-state index in [2.05, 4.69) is 114 Å². The number of anilines is 2. The number of nitrogen functional groups attached to an aromatic ring is 1. The molecule has 4 aliphatic heterocycles. The van der Waals surface area contributed by atoms with Crippen molar-refractivity contribution in [1.29, 1.82) is 0 Å². The Labute approximate surface area is 488 Å². The molecular weight excluding hydrogens is 1170 g/mol. The van der Waals surface area contributed by atoms with Gasteiger partial charge in [0, 0.05) is 85.8 Å². The molecule has 7 atom stereocenters. The molecule has 0 spiro atoms. The number of carbonyl (C=O) groups excluding carboxylic acids is 3. The lowest BCUT2D eigenvalue weighted by Crippen LogP contribution is -2.50. The zero-order chi connectivity index (χ0) is 61.3. The number of aromatic amines is 1. The second-order valence-electron chi connectivity index (χ2n) is 23.3. The van der Waals surface area contributed by atoms with E-state index >= 15 is 0 Å². The van der Waals surface area contributed by atoms with Crippen molar-refractivity contribution in [3.05, 3.63) is 114 Å². The lowest BCUT2D eigenvalue weighted by atomic mass is 9.64. The number of nitrogens with one attached hydrogen (secondary N) is 3. The summed E-state index contributed by atoms with van der Waals surface area (Å²) in [6, 6.07) is 15.2. The number of aromatic nitrogens is 4. The van der Waals surface area contributed by atoms with Gasteiger partial charge < -0.3 is 60.3 Å².